The normalized spacial score (nSPS) is 15.3. The third-order valence-corrected chi connectivity index (χ3v) is 5.49. The lowest BCUT2D eigenvalue weighted by molar-refractivity contribution is 0.414. The third-order valence-electron chi connectivity index (χ3n) is 3.62. The Kier molecular flexibility index (Phi) is 3.81. The summed E-state index contributed by atoms with van der Waals surface area (Å²) in [6.45, 7) is 0. The maximum absolute atomic E-state index is 6.57. The zero-order valence-corrected chi connectivity index (χ0v) is 12.6. The van der Waals surface area contributed by atoms with E-state index in [9.17, 15) is 0 Å². The van der Waals surface area contributed by atoms with Gasteiger partial charge in [-0.05, 0) is 55.0 Å². The molecular formula is C16H17ClOS. The Balaban J connectivity index is 1.74. The molecule has 1 heterocycles. The van der Waals surface area contributed by atoms with E-state index in [0.29, 0.717) is 0 Å². The second-order valence-electron chi connectivity index (χ2n) is 4.97. The summed E-state index contributed by atoms with van der Waals surface area (Å²) in [5.74, 6) is 0.898. The largest absolute Gasteiger partial charge is 0.497 e. The molecule has 0 spiro atoms. The molecule has 2 aromatic rings. The molecule has 0 saturated carbocycles. The summed E-state index contributed by atoms with van der Waals surface area (Å²) in [7, 11) is 1.70. The molecule has 1 aromatic carbocycles. The molecule has 0 amide bonds. The Morgan fingerprint density at radius 1 is 1.32 bits per heavy atom. The Hall–Kier alpha value is -0.990. The quantitative estimate of drug-likeness (QED) is 0.738. The van der Waals surface area contributed by atoms with Crippen molar-refractivity contribution < 1.29 is 4.74 Å². The first-order valence-corrected chi connectivity index (χ1v) is 7.90. The van der Waals surface area contributed by atoms with Crippen LogP contribution in [0.4, 0.5) is 0 Å². The molecule has 1 nitrogen and oxygen atoms in total. The van der Waals surface area contributed by atoms with Crippen LogP contribution in [0.5, 0.6) is 5.75 Å². The van der Waals surface area contributed by atoms with Gasteiger partial charge in [-0.3, -0.25) is 0 Å². The highest BCUT2D eigenvalue weighted by Crippen LogP contribution is 2.37. The van der Waals surface area contributed by atoms with Crippen LogP contribution in [-0.2, 0) is 19.3 Å². The number of methoxy groups -OCH3 is 1. The van der Waals surface area contributed by atoms with Crippen molar-refractivity contribution in [3.8, 4) is 5.75 Å². The number of ether oxygens (including phenoxy) is 1. The lowest BCUT2D eigenvalue weighted by atomic mass is 10.1. The summed E-state index contributed by atoms with van der Waals surface area (Å²) in [4.78, 5) is 2.86. The van der Waals surface area contributed by atoms with Gasteiger partial charge in [0.25, 0.3) is 0 Å². The van der Waals surface area contributed by atoms with Crippen molar-refractivity contribution in [2.75, 3.05) is 7.11 Å². The van der Waals surface area contributed by atoms with Crippen LogP contribution >= 0.6 is 22.9 Å². The molecule has 1 unspecified atom stereocenters. The van der Waals surface area contributed by atoms with Gasteiger partial charge < -0.3 is 4.74 Å². The minimum absolute atomic E-state index is 0.0720. The van der Waals surface area contributed by atoms with E-state index in [2.05, 4.69) is 18.2 Å². The molecule has 100 valence electrons. The number of aryl methyl sites for hydroxylation is 2. The monoisotopic (exact) mass is 292 g/mol. The highest BCUT2D eigenvalue weighted by atomic mass is 35.5. The number of hydrogen-bond donors (Lipinski definition) is 0. The van der Waals surface area contributed by atoms with Crippen molar-refractivity contribution >= 4 is 22.9 Å². The van der Waals surface area contributed by atoms with Crippen LogP contribution in [-0.4, -0.2) is 7.11 Å². The number of benzene rings is 1. The molecule has 0 N–H and O–H groups in total. The standard InChI is InChI=1S/C16H17ClOS/c1-18-13-6-2-4-11(8-13)9-14(17)16-10-12-5-3-7-15(12)19-16/h2,4,6,8,10,14H,3,5,7,9H2,1H3. The fourth-order valence-electron chi connectivity index (χ4n) is 2.61. The van der Waals surface area contributed by atoms with Crippen LogP contribution in [0.3, 0.4) is 0 Å². The maximum Gasteiger partial charge on any atom is 0.119 e. The molecule has 1 atom stereocenters. The van der Waals surface area contributed by atoms with Gasteiger partial charge in [0.2, 0.25) is 0 Å². The predicted molar refractivity (Wildman–Crippen MR) is 81.6 cm³/mol. The molecule has 19 heavy (non-hydrogen) atoms. The van der Waals surface area contributed by atoms with Gasteiger partial charge in [0.1, 0.15) is 5.75 Å². The van der Waals surface area contributed by atoms with E-state index in [0.717, 1.165) is 12.2 Å². The van der Waals surface area contributed by atoms with Gasteiger partial charge >= 0.3 is 0 Å². The van der Waals surface area contributed by atoms with Gasteiger partial charge in [-0.2, -0.15) is 0 Å². The van der Waals surface area contributed by atoms with Gasteiger partial charge in [0, 0.05) is 9.75 Å². The molecule has 3 heteroatoms. The lowest BCUT2D eigenvalue weighted by Crippen LogP contribution is -1.94. The van der Waals surface area contributed by atoms with Crippen LogP contribution in [0.1, 0.15) is 32.7 Å². The lowest BCUT2D eigenvalue weighted by Gasteiger charge is -2.09. The number of halogens is 1. The second-order valence-corrected chi connectivity index (χ2v) is 6.67. The second kappa shape index (κ2) is 5.56. The van der Waals surface area contributed by atoms with Gasteiger partial charge in [0.05, 0.1) is 12.5 Å². The first-order valence-electron chi connectivity index (χ1n) is 6.65. The van der Waals surface area contributed by atoms with Crippen molar-refractivity contribution in [1.29, 1.82) is 0 Å². The molecular weight excluding hydrogens is 276 g/mol. The number of fused-ring (bicyclic) bond motifs is 1. The smallest absolute Gasteiger partial charge is 0.119 e. The van der Waals surface area contributed by atoms with Crippen molar-refractivity contribution in [1.82, 2.24) is 0 Å². The first-order chi connectivity index (χ1) is 9.26. The first kappa shape index (κ1) is 13.0. The van der Waals surface area contributed by atoms with Gasteiger partial charge in [0.15, 0.2) is 0 Å². The molecule has 0 fully saturated rings. The van der Waals surface area contributed by atoms with Crippen molar-refractivity contribution in [2.24, 2.45) is 0 Å². The Morgan fingerprint density at radius 3 is 3.00 bits per heavy atom. The Bertz CT molecular complexity index is 554. The van der Waals surface area contributed by atoms with E-state index in [-0.39, 0.29) is 5.38 Å². The van der Waals surface area contributed by atoms with Crippen LogP contribution in [0, 0.1) is 0 Å². The molecule has 1 aliphatic rings. The van der Waals surface area contributed by atoms with E-state index in [1.165, 1.54) is 35.3 Å². The summed E-state index contributed by atoms with van der Waals surface area (Å²) < 4.78 is 5.25. The molecule has 0 aliphatic heterocycles. The topological polar surface area (TPSA) is 9.23 Å². The van der Waals surface area contributed by atoms with E-state index in [1.54, 1.807) is 12.0 Å². The van der Waals surface area contributed by atoms with Gasteiger partial charge in [-0.15, -0.1) is 22.9 Å². The van der Waals surface area contributed by atoms with Crippen molar-refractivity contribution in [3.05, 3.63) is 51.2 Å². The SMILES string of the molecule is COc1cccc(CC(Cl)c2cc3c(s2)CCC3)c1. The van der Waals surface area contributed by atoms with E-state index < -0.39 is 0 Å². The molecule has 3 rings (SSSR count). The van der Waals surface area contributed by atoms with Gasteiger partial charge in [-0.1, -0.05) is 12.1 Å². The van der Waals surface area contributed by atoms with Crippen molar-refractivity contribution in [3.63, 3.8) is 0 Å². The van der Waals surface area contributed by atoms with Gasteiger partial charge in [-0.25, -0.2) is 0 Å². The van der Waals surface area contributed by atoms with Crippen LogP contribution in [0.15, 0.2) is 30.3 Å². The third kappa shape index (κ3) is 2.80. The summed E-state index contributed by atoms with van der Waals surface area (Å²) >= 11 is 8.47. The fourth-order valence-corrected chi connectivity index (χ4v) is 4.22. The van der Waals surface area contributed by atoms with Crippen LogP contribution in [0.25, 0.3) is 0 Å². The molecule has 0 bridgehead atoms. The highest BCUT2D eigenvalue weighted by molar-refractivity contribution is 7.12. The summed E-state index contributed by atoms with van der Waals surface area (Å²) in [6.07, 6.45) is 4.64. The summed E-state index contributed by atoms with van der Waals surface area (Å²) in [6, 6.07) is 10.5. The van der Waals surface area contributed by atoms with Crippen LogP contribution in [0.2, 0.25) is 0 Å². The van der Waals surface area contributed by atoms with E-state index in [4.69, 9.17) is 16.3 Å². The predicted octanol–water partition coefficient (Wildman–Crippen LogP) is 4.77. The van der Waals surface area contributed by atoms with E-state index >= 15 is 0 Å². The minimum atomic E-state index is 0.0720. The average Bonchev–Trinajstić information content (AvgIpc) is 2.99. The van der Waals surface area contributed by atoms with Crippen LogP contribution < -0.4 is 4.74 Å². The Labute approximate surface area is 123 Å². The number of hydrogen-bond acceptors (Lipinski definition) is 2. The minimum Gasteiger partial charge on any atom is -0.497 e. The van der Waals surface area contributed by atoms with E-state index in [1.807, 2.05) is 23.5 Å². The summed E-state index contributed by atoms with van der Waals surface area (Å²) in [5.41, 5.74) is 2.75. The molecule has 0 saturated heterocycles. The molecule has 1 aromatic heterocycles. The maximum atomic E-state index is 6.57. The molecule has 0 radical (unpaired) electrons. The fraction of sp³-hybridized carbons (Fsp3) is 0.375. The van der Waals surface area contributed by atoms with Crippen molar-refractivity contribution in [2.45, 2.75) is 31.1 Å². The number of thiophene rings is 1. The zero-order chi connectivity index (χ0) is 13.2. The Morgan fingerprint density at radius 2 is 2.21 bits per heavy atom. The number of alkyl halides is 1. The summed E-state index contributed by atoms with van der Waals surface area (Å²) in [5, 5.41) is 0.0720. The average molecular weight is 293 g/mol. The number of rotatable bonds is 4. The zero-order valence-electron chi connectivity index (χ0n) is 11.0. The highest BCUT2D eigenvalue weighted by Gasteiger charge is 2.19. The molecule has 1 aliphatic carbocycles.